The minimum Gasteiger partial charge on any atom is -0.482 e. The van der Waals surface area contributed by atoms with Gasteiger partial charge in [-0.2, -0.15) is 0 Å². The van der Waals surface area contributed by atoms with Crippen molar-refractivity contribution in [2.75, 3.05) is 13.2 Å². The van der Waals surface area contributed by atoms with Crippen LogP contribution in [0.3, 0.4) is 0 Å². The SMILES string of the molecule is CC(C)CCNC(=O)COc1ccc(CC(C)N)cc1Cl. The molecule has 0 saturated heterocycles. The third-order valence-electron chi connectivity index (χ3n) is 2.96. The van der Waals surface area contributed by atoms with E-state index in [0.717, 1.165) is 18.4 Å². The molecule has 0 aliphatic rings. The molecule has 0 aromatic heterocycles. The zero-order valence-electron chi connectivity index (χ0n) is 13.0. The largest absolute Gasteiger partial charge is 0.482 e. The van der Waals surface area contributed by atoms with Gasteiger partial charge < -0.3 is 15.8 Å². The minimum absolute atomic E-state index is 0.0234. The summed E-state index contributed by atoms with van der Waals surface area (Å²) in [6.07, 6.45) is 1.72. The summed E-state index contributed by atoms with van der Waals surface area (Å²) in [5.74, 6) is 0.952. The Morgan fingerprint density at radius 1 is 1.38 bits per heavy atom. The molecule has 3 N–H and O–H groups in total. The number of benzene rings is 1. The third-order valence-corrected chi connectivity index (χ3v) is 3.25. The second kappa shape index (κ2) is 8.90. The van der Waals surface area contributed by atoms with Gasteiger partial charge in [-0.1, -0.05) is 31.5 Å². The van der Waals surface area contributed by atoms with Gasteiger partial charge in [-0.05, 0) is 43.4 Å². The number of nitrogens with two attached hydrogens (primary N) is 1. The molecule has 1 atom stereocenters. The van der Waals surface area contributed by atoms with Crippen LogP contribution < -0.4 is 15.8 Å². The molecule has 0 aliphatic heterocycles. The van der Waals surface area contributed by atoms with Crippen molar-refractivity contribution in [3.05, 3.63) is 28.8 Å². The molecule has 1 aromatic rings. The Balaban J connectivity index is 2.43. The van der Waals surface area contributed by atoms with Crippen LogP contribution in [-0.2, 0) is 11.2 Å². The predicted octanol–water partition coefficient (Wildman–Crippen LogP) is 2.77. The highest BCUT2D eigenvalue weighted by Crippen LogP contribution is 2.25. The van der Waals surface area contributed by atoms with Gasteiger partial charge >= 0.3 is 0 Å². The molecule has 0 bridgehead atoms. The summed E-state index contributed by atoms with van der Waals surface area (Å²) in [6, 6.07) is 5.61. The molecule has 4 nitrogen and oxygen atoms in total. The van der Waals surface area contributed by atoms with Crippen molar-refractivity contribution in [1.82, 2.24) is 5.32 Å². The second-order valence-corrected chi connectivity index (χ2v) is 6.17. The lowest BCUT2D eigenvalue weighted by atomic mass is 10.1. The van der Waals surface area contributed by atoms with Crippen molar-refractivity contribution in [3.8, 4) is 5.75 Å². The van der Waals surface area contributed by atoms with Crippen molar-refractivity contribution in [2.45, 2.75) is 39.7 Å². The van der Waals surface area contributed by atoms with Crippen LogP contribution in [0.5, 0.6) is 5.75 Å². The van der Waals surface area contributed by atoms with Gasteiger partial charge in [-0.25, -0.2) is 0 Å². The molecule has 0 aliphatic carbocycles. The number of carbonyl (C=O) groups is 1. The average molecular weight is 313 g/mol. The molecule has 1 rings (SSSR count). The van der Waals surface area contributed by atoms with Crippen LogP contribution in [0, 0.1) is 5.92 Å². The lowest BCUT2D eigenvalue weighted by Gasteiger charge is -2.11. The van der Waals surface area contributed by atoms with E-state index in [1.54, 1.807) is 6.07 Å². The summed E-state index contributed by atoms with van der Waals surface area (Å²) in [7, 11) is 0. The quantitative estimate of drug-likeness (QED) is 0.776. The highest BCUT2D eigenvalue weighted by molar-refractivity contribution is 6.32. The van der Waals surface area contributed by atoms with E-state index in [1.165, 1.54) is 0 Å². The molecule has 0 saturated carbocycles. The first kappa shape index (κ1) is 17.8. The lowest BCUT2D eigenvalue weighted by Crippen LogP contribution is -2.30. The van der Waals surface area contributed by atoms with E-state index in [0.29, 0.717) is 23.2 Å². The zero-order valence-corrected chi connectivity index (χ0v) is 13.7. The Hall–Kier alpha value is -1.26. The van der Waals surface area contributed by atoms with Crippen molar-refractivity contribution >= 4 is 17.5 Å². The lowest BCUT2D eigenvalue weighted by molar-refractivity contribution is -0.123. The van der Waals surface area contributed by atoms with Gasteiger partial charge in [0.05, 0.1) is 5.02 Å². The minimum atomic E-state index is -0.133. The Morgan fingerprint density at radius 2 is 2.10 bits per heavy atom. The molecule has 1 amide bonds. The number of hydrogen-bond acceptors (Lipinski definition) is 3. The maximum Gasteiger partial charge on any atom is 0.257 e. The summed E-state index contributed by atoms with van der Waals surface area (Å²) in [6.45, 7) is 6.82. The summed E-state index contributed by atoms with van der Waals surface area (Å²) in [4.78, 5) is 11.6. The standard InChI is InChI=1S/C16H25ClN2O2/c1-11(2)6-7-19-16(20)10-21-15-5-4-13(8-12(3)18)9-14(15)17/h4-5,9,11-12H,6-8,10,18H2,1-3H3,(H,19,20). The van der Waals surface area contributed by atoms with E-state index >= 15 is 0 Å². The number of halogens is 1. The number of ether oxygens (including phenoxy) is 1. The van der Waals surface area contributed by atoms with E-state index in [1.807, 2.05) is 19.1 Å². The molecule has 118 valence electrons. The maximum absolute atomic E-state index is 11.6. The van der Waals surface area contributed by atoms with Crippen molar-refractivity contribution in [3.63, 3.8) is 0 Å². The summed E-state index contributed by atoms with van der Waals surface area (Å²) in [5.41, 5.74) is 6.81. The van der Waals surface area contributed by atoms with Gasteiger partial charge in [0.1, 0.15) is 5.75 Å². The number of amides is 1. The first-order chi connectivity index (χ1) is 9.88. The van der Waals surface area contributed by atoms with E-state index in [2.05, 4.69) is 19.2 Å². The summed E-state index contributed by atoms with van der Waals surface area (Å²) < 4.78 is 5.44. The molecular weight excluding hydrogens is 288 g/mol. The van der Waals surface area contributed by atoms with Gasteiger partial charge in [-0.15, -0.1) is 0 Å². The van der Waals surface area contributed by atoms with Crippen molar-refractivity contribution < 1.29 is 9.53 Å². The van der Waals surface area contributed by atoms with Crippen LogP contribution in [0.2, 0.25) is 5.02 Å². The number of hydrogen-bond donors (Lipinski definition) is 2. The first-order valence-electron chi connectivity index (χ1n) is 7.32. The number of nitrogens with one attached hydrogen (secondary N) is 1. The maximum atomic E-state index is 11.6. The van der Waals surface area contributed by atoms with Crippen LogP contribution in [0.25, 0.3) is 0 Å². The molecule has 0 radical (unpaired) electrons. The van der Waals surface area contributed by atoms with Gasteiger partial charge in [0.15, 0.2) is 6.61 Å². The van der Waals surface area contributed by atoms with Gasteiger partial charge in [0.25, 0.3) is 5.91 Å². The fraction of sp³-hybridized carbons (Fsp3) is 0.562. The number of rotatable bonds is 8. The molecule has 0 fully saturated rings. The van der Waals surface area contributed by atoms with E-state index in [4.69, 9.17) is 22.1 Å². The van der Waals surface area contributed by atoms with Crippen LogP contribution in [0.15, 0.2) is 18.2 Å². The topological polar surface area (TPSA) is 64.3 Å². The summed E-state index contributed by atoms with van der Waals surface area (Å²) >= 11 is 6.14. The fourth-order valence-corrected chi connectivity index (χ4v) is 2.11. The Bertz CT molecular complexity index is 462. The number of carbonyl (C=O) groups excluding carboxylic acids is 1. The average Bonchev–Trinajstić information content (AvgIpc) is 2.36. The van der Waals surface area contributed by atoms with E-state index in [-0.39, 0.29) is 18.6 Å². The summed E-state index contributed by atoms with van der Waals surface area (Å²) in [5, 5.41) is 3.32. The van der Waals surface area contributed by atoms with E-state index in [9.17, 15) is 4.79 Å². The van der Waals surface area contributed by atoms with Crippen LogP contribution >= 0.6 is 11.6 Å². The zero-order chi connectivity index (χ0) is 15.8. The molecule has 21 heavy (non-hydrogen) atoms. The molecule has 1 unspecified atom stereocenters. The Morgan fingerprint density at radius 3 is 2.67 bits per heavy atom. The van der Waals surface area contributed by atoms with Crippen LogP contribution in [-0.4, -0.2) is 25.1 Å². The third kappa shape index (κ3) is 7.34. The predicted molar refractivity (Wildman–Crippen MR) is 86.8 cm³/mol. The molecule has 0 spiro atoms. The van der Waals surface area contributed by atoms with Crippen molar-refractivity contribution in [2.24, 2.45) is 11.7 Å². The molecule has 0 heterocycles. The van der Waals surface area contributed by atoms with E-state index < -0.39 is 0 Å². The van der Waals surface area contributed by atoms with Crippen LogP contribution in [0.4, 0.5) is 0 Å². The normalized spacial score (nSPS) is 12.3. The van der Waals surface area contributed by atoms with Gasteiger partial charge in [-0.3, -0.25) is 4.79 Å². The fourth-order valence-electron chi connectivity index (χ4n) is 1.85. The Labute approximate surface area is 132 Å². The molecular formula is C16H25ClN2O2. The Kier molecular flexibility index (Phi) is 7.54. The molecule has 5 heteroatoms. The van der Waals surface area contributed by atoms with Gasteiger partial charge in [0, 0.05) is 12.6 Å². The smallest absolute Gasteiger partial charge is 0.257 e. The van der Waals surface area contributed by atoms with Crippen LogP contribution in [0.1, 0.15) is 32.8 Å². The second-order valence-electron chi connectivity index (χ2n) is 5.77. The molecule has 1 aromatic carbocycles. The highest BCUT2D eigenvalue weighted by atomic mass is 35.5. The monoisotopic (exact) mass is 312 g/mol. The highest BCUT2D eigenvalue weighted by Gasteiger charge is 2.07. The van der Waals surface area contributed by atoms with Crippen molar-refractivity contribution in [1.29, 1.82) is 0 Å². The first-order valence-corrected chi connectivity index (χ1v) is 7.69. The van der Waals surface area contributed by atoms with Gasteiger partial charge in [0.2, 0.25) is 0 Å².